The van der Waals surface area contributed by atoms with Gasteiger partial charge in [-0.3, -0.25) is 0 Å². The Kier molecular flexibility index (Phi) is 4.42. The summed E-state index contributed by atoms with van der Waals surface area (Å²) in [7, 11) is 1.71. The Morgan fingerprint density at radius 1 is 1.13 bits per heavy atom. The minimum atomic E-state index is 0.703. The highest BCUT2D eigenvalue weighted by molar-refractivity contribution is 4.93. The van der Waals surface area contributed by atoms with Crippen molar-refractivity contribution in [3.05, 3.63) is 0 Å². The maximum Gasteiger partial charge on any atom is 0.0700 e. The quantitative estimate of drug-likeness (QED) is 0.649. The predicted octanol–water partition coefficient (Wildman–Crippen LogP) is 1.43. The lowest BCUT2D eigenvalue weighted by Crippen LogP contribution is -2.36. The van der Waals surface area contributed by atoms with Gasteiger partial charge in [0.15, 0.2) is 0 Å². The van der Waals surface area contributed by atoms with Gasteiger partial charge in [0, 0.05) is 19.7 Å². The van der Waals surface area contributed by atoms with E-state index in [4.69, 9.17) is 9.47 Å². The van der Waals surface area contributed by atoms with E-state index in [0.717, 1.165) is 37.6 Å². The number of hydrogen-bond acceptors (Lipinski definition) is 3. The minimum Gasteiger partial charge on any atom is -0.382 e. The van der Waals surface area contributed by atoms with E-state index in [2.05, 4.69) is 5.32 Å². The summed E-state index contributed by atoms with van der Waals surface area (Å²) in [5, 5.41) is 3.62. The molecule has 3 atom stereocenters. The summed E-state index contributed by atoms with van der Waals surface area (Å²) in [4.78, 5) is 0. The van der Waals surface area contributed by atoms with Crippen molar-refractivity contribution in [1.82, 2.24) is 5.32 Å². The van der Waals surface area contributed by atoms with Crippen LogP contribution in [0.4, 0.5) is 0 Å². The first-order chi connectivity index (χ1) is 7.40. The van der Waals surface area contributed by atoms with E-state index >= 15 is 0 Å². The second-order valence-electron chi connectivity index (χ2n) is 4.84. The Labute approximate surface area is 92.5 Å². The van der Waals surface area contributed by atoms with Crippen LogP contribution >= 0.6 is 0 Å². The zero-order valence-corrected chi connectivity index (χ0v) is 9.71. The molecule has 2 saturated carbocycles. The maximum atomic E-state index is 5.43. The molecule has 1 N–H and O–H groups in total. The fourth-order valence-electron chi connectivity index (χ4n) is 3.06. The summed E-state index contributed by atoms with van der Waals surface area (Å²) in [6.07, 6.45) is 5.81. The Bertz CT molecular complexity index is 186. The molecule has 2 fully saturated rings. The molecule has 0 aromatic carbocycles. The molecule has 3 heteroatoms. The van der Waals surface area contributed by atoms with Gasteiger partial charge in [-0.15, -0.1) is 0 Å². The van der Waals surface area contributed by atoms with Crippen LogP contribution in [0.25, 0.3) is 0 Å². The van der Waals surface area contributed by atoms with Crippen LogP contribution < -0.4 is 5.32 Å². The van der Waals surface area contributed by atoms with Crippen LogP contribution in [-0.4, -0.2) is 39.5 Å². The zero-order valence-electron chi connectivity index (χ0n) is 9.71. The molecule has 15 heavy (non-hydrogen) atoms. The zero-order chi connectivity index (χ0) is 10.5. The number of rotatable bonds is 7. The van der Waals surface area contributed by atoms with Crippen molar-refractivity contribution in [1.29, 1.82) is 0 Å². The lowest BCUT2D eigenvalue weighted by Gasteiger charge is -2.22. The van der Waals surface area contributed by atoms with E-state index in [1.807, 2.05) is 0 Å². The molecule has 2 aliphatic rings. The highest BCUT2D eigenvalue weighted by Crippen LogP contribution is 2.44. The standard InChI is InChI=1S/C12H23NO2/c1-14-6-7-15-5-4-13-12-9-10-2-3-11(12)8-10/h10-13H,2-9H2,1H3. The van der Waals surface area contributed by atoms with Crippen molar-refractivity contribution in [2.45, 2.75) is 31.7 Å². The van der Waals surface area contributed by atoms with Crippen LogP contribution in [0.3, 0.4) is 0 Å². The second-order valence-corrected chi connectivity index (χ2v) is 4.84. The smallest absolute Gasteiger partial charge is 0.0700 e. The Hall–Kier alpha value is -0.120. The summed E-state index contributed by atoms with van der Waals surface area (Å²) >= 11 is 0. The highest BCUT2D eigenvalue weighted by atomic mass is 16.5. The van der Waals surface area contributed by atoms with Gasteiger partial charge in [0.2, 0.25) is 0 Å². The minimum absolute atomic E-state index is 0.703. The molecule has 0 aromatic heterocycles. The van der Waals surface area contributed by atoms with Crippen LogP contribution in [0.5, 0.6) is 0 Å². The molecule has 0 heterocycles. The van der Waals surface area contributed by atoms with Crippen LogP contribution in [0.1, 0.15) is 25.7 Å². The third-order valence-corrected chi connectivity index (χ3v) is 3.82. The molecule has 0 spiro atoms. The predicted molar refractivity (Wildman–Crippen MR) is 59.9 cm³/mol. The van der Waals surface area contributed by atoms with E-state index in [-0.39, 0.29) is 0 Å². The monoisotopic (exact) mass is 213 g/mol. The first-order valence-corrected chi connectivity index (χ1v) is 6.20. The van der Waals surface area contributed by atoms with Gasteiger partial charge in [0.25, 0.3) is 0 Å². The summed E-state index contributed by atoms with van der Waals surface area (Å²) in [6, 6.07) is 0.787. The van der Waals surface area contributed by atoms with Crippen molar-refractivity contribution < 1.29 is 9.47 Å². The molecule has 3 nitrogen and oxygen atoms in total. The lowest BCUT2D eigenvalue weighted by atomic mass is 9.95. The molecular formula is C12H23NO2. The van der Waals surface area contributed by atoms with Crippen LogP contribution in [0.2, 0.25) is 0 Å². The van der Waals surface area contributed by atoms with E-state index in [1.54, 1.807) is 7.11 Å². The lowest BCUT2D eigenvalue weighted by molar-refractivity contribution is 0.0702. The second kappa shape index (κ2) is 5.83. The van der Waals surface area contributed by atoms with Crippen molar-refractivity contribution in [3.63, 3.8) is 0 Å². The number of hydrogen-bond donors (Lipinski definition) is 1. The first-order valence-electron chi connectivity index (χ1n) is 6.20. The van der Waals surface area contributed by atoms with Crippen LogP contribution in [0.15, 0.2) is 0 Å². The Balaban J connectivity index is 1.48. The third kappa shape index (κ3) is 3.16. The summed E-state index contributed by atoms with van der Waals surface area (Å²) in [5.41, 5.74) is 0. The van der Waals surface area contributed by atoms with Gasteiger partial charge in [-0.05, 0) is 31.1 Å². The number of fused-ring (bicyclic) bond motifs is 2. The molecule has 0 aliphatic heterocycles. The van der Waals surface area contributed by atoms with Crippen LogP contribution in [0, 0.1) is 11.8 Å². The summed E-state index contributed by atoms with van der Waals surface area (Å²) < 4.78 is 10.3. The average molecular weight is 213 g/mol. The van der Waals surface area contributed by atoms with Gasteiger partial charge in [-0.1, -0.05) is 6.42 Å². The Morgan fingerprint density at radius 2 is 2.07 bits per heavy atom. The molecule has 0 saturated heterocycles. The molecule has 2 aliphatic carbocycles. The average Bonchev–Trinajstić information content (AvgIpc) is 2.85. The molecule has 0 amide bonds. The highest BCUT2D eigenvalue weighted by Gasteiger charge is 2.38. The molecule has 2 bridgehead atoms. The van der Waals surface area contributed by atoms with E-state index in [1.165, 1.54) is 25.7 Å². The maximum absolute atomic E-state index is 5.43. The van der Waals surface area contributed by atoms with Crippen LogP contribution in [-0.2, 0) is 9.47 Å². The SMILES string of the molecule is COCCOCCNC1CC2CCC1C2. The largest absolute Gasteiger partial charge is 0.382 e. The van der Waals surface area contributed by atoms with Gasteiger partial charge in [-0.25, -0.2) is 0 Å². The van der Waals surface area contributed by atoms with Crippen molar-refractivity contribution in [3.8, 4) is 0 Å². The summed E-state index contributed by atoms with van der Waals surface area (Å²) in [6.45, 7) is 3.23. The topological polar surface area (TPSA) is 30.5 Å². The first kappa shape index (κ1) is 11.4. The van der Waals surface area contributed by atoms with Gasteiger partial charge in [0.1, 0.15) is 0 Å². The normalized spacial score (nSPS) is 33.8. The molecule has 0 radical (unpaired) electrons. The van der Waals surface area contributed by atoms with Crippen molar-refractivity contribution >= 4 is 0 Å². The molecule has 3 unspecified atom stereocenters. The van der Waals surface area contributed by atoms with E-state index in [0.29, 0.717) is 6.61 Å². The fourth-order valence-corrected chi connectivity index (χ4v) is 3.06. The number of methoxy groups -OCH3 is 1. The van der Waals surface area contributed by atoms with Gasteiger partial charge in [0.05, 0.1) is 19.8 Å². The van der Waals surface area contributed by atoms with Gasteiger partial charge in [-0.2, -0.15) is 0 Å². The van der Waals surface area contributed by atoms with Gasteiger partial charge < -0.3 is 14.8 Å². The molecular weight excluding hydrogens is 190 g/mol. The summed E-state index contributed by atoms with van der Waals surface area (Å²) in [5.74, 6) is 2.00. The fraction of sp³-hybridized carbons (Fsp3) is 1.00. The van der Waals surface area contributed by atoms with E-state index < -0.39 is 0 Å². The Morgan fingerprint density at radius 3 is 2.73 bits per heavy atom. The van der Waals surface area contributed by atoms with Gasteiger partial charge >= 0.3 is 0 Å². The van der Waals surface area contributed by atoms with Crippen molar-refractivity contribution in [2.75, 3.05) is 33.5 Å². The number of nitrogens with one attached hydrogen (secondary N) is 1. The van der Waals surface area contributed by atoms with E-state index in [9.17, 15) is 0 Å². The molecule has 88 valence electrons. The molecule has 0 aromatic rings. The molecule has 2 rings (SSSR count). The van der Waals surface area contributed by atoms with Crippen molar-refractivity contribution in [2.24, 2.45) is 11.8 Å². The third-order valence-electron chi connectivity index (χ3n) is 3.82. The number of ether oxygens (including phenoxy) is 2.